The van der Waals surface area contributed by atoms with E-state index in [0.29, 0.717) is 33.1 Å². The molecule has 4 aromatic rings. The molecule has 0 saturated heterocycles. The molecule has 1 spiro atoms. The van der Waals surface area contributed by atoms with E-state index in [0.717, 1.165) is 16.6 Å². The average Bonchev–Trinajstić information content (AvgIpc) is 3.72. The smallest absolute Gasteiger partial charge is 0.339 e. The highest BCUT2D eigenvalue weighted by molar-refractivity contribution is 7.99. The normalized spacial score (nSPS) is 16.2. The Morgan fingerprint density at radius 3 is 2.52 bits per heavy atom. The van der Waals surface area contributed by atoms with Crippen LogP contribution in [-0.4, -0.2) is 40.9 Å². The number of carbonyl (C=O) groups is 2. The van der Waals surface area contributed by atoms with Crippen molar-refractivity contribution in [1.29, 1.82) is 10.5 Å². The summed E-state index contributed by atoms with van der Waals surface area (Å²) in [7, 11) is 0. The van der Waals surface area contributed by atoms with Crippen LogP contribution in [0.2, 0.25) is 0 Å². The lowest BCUT2D eigenvalue weighted by Gasteiger charge is -2.34. The number of benzene rings is 2. The van der Waals surface area contributed by atoms with Crippen LogP contribution in [0, 0.1) is 28.5 Å². The number of hydrogen-bond donors (Lipinski definition) is 3. The summed E-state index contributed by atoms with van der Waals surface area (Å²) in [6.07, 6.45) is 0. The minimum Gasteiger partial charge on any atom is -0.462 e. The zero-order chi connectivity index (χ0) is 34.4. The summed E-state index contributed by atoms with van der Waals surface area (Å²) >= 11 is 2.55. The number of pyridine rings is 1. The van der Waals surface area contributed by atoms with E-state index in [4.69, 9.17) is 25.3 Å². The maximum atomic E-state index is 13.8. The second-order valence-corrected chi connectivity index (χ2v) is 12.1. The maximum Gasteiger partial charge on any atom is 0.339 e. The molecule has 2 aromatic carbocycles. The van der Waals surface area contributed by atoms with Crippen LogP contribution in [0.4, 0.5) is 10.1 Å². The number of thioether (sulfide) groups is 1. The molecule has 2 aliphatic rings. The fraction of sp³-hybridized carbons (Fsp3) is 0.171. The predicted octanol–water partition coefficient (Wildman–Crippen LogP) is 6.01. The molecular weight excluding hydrogens is 654 g/mol. The van der Waals surface area contributed by atoms with Crippen molar-refractivity contribution in [2.45, 2.75) is 24.3 Å². The number of nitrogens with one attached hydrogen (secondary N) is 1. The molecule has 242 valence electrons. The summed E-state index contributed by atoms with van der Waals surface area (Å²) in [4.78, 5) is 33.1. The summed E-state index contributed by atoms with van der Waals surface area (Å²) in [6, 6.07) is 22.3. The summed E-state index contributed by atoms with van der Waals surface area (Å²) in [5.74, 6) is -2.37. The molecule has 2 aliphatic heterocycles. The van der Waals surface area contributed by atoms with Gasteiger partial charge in [-0.25, -0.2) is 14.2 Å². The molecule has 0 fully saturated rings. The minimum absolute atomic E-state index is 0.00674. The summed E-state index contributed by atoms with van der Waals surface area (Å²) in [5, 5.41) is 33.0. The number of esters is 1. The predicted molar refractivity (Wildman–Crippen MR) is 179 cm³/mol. The van der Waals surface area contributed by atoms with E-state index >= 15 is 0 Å². The van der Waals surface area contributed by atoms with Gasteiger partial charge in [-0.05, 0) is 55.1 Å². The molecular formula is C35H28FN5O5S2. The first-order chi connectivity index (χ1) is 23.2. The van der Waals surface area contributed by atoms with Crippen molar-refractivity contribution < 1.29 is 28.6 Å². The van der Waals surface area contributed by atoms with Gasteiger partial charge in [0.25, 0.3) is 0 Å². The van der Waals surface area contributed by atoms with Crippen LogP contribution in [0.5, 0.6) is 0 Å². The molecule has 13 heteroatoms. The van der Waals surface area contributed by atoms with Gasteiger partial charge in [0.05, 0.1) is 28.5 Å². The Hall–Kier alpha value is -5.47. The van der Waals surface area contributed by atoms with Gasteiger partial charge in [0.15, 0.2) is 5.41 Å². The number of amides is 1. The maximum absolute atomic E-state index is 13.8. The Balaban J connectivity index is 0.00000145. The first-order valence-corrected chi connectivity index (χ1v) is 16.5. The van der Waals surface area contributed by atoms with Crippen molar-refractivity contribution in [2.75, 3.05) is 24.3 Å². The van der Waals surface area contributed by atoms with E-state index in [1.54, 1.807) is 56.3 Å². The van der Waals surface area contributed by atoms with E-state index < -0.39 is 23.1 Å². The Bertz CT molecular complexity index is 2030. The molecule has 4 heterocycles. The van der Waals surface area contributed by atoms with Crippen LogP contribution >= 0.6 is 23.1 Å². The third-order valence-electron chi connectivity index (χ3n) is 7.39. The van der Waals surface area contributed by atoms with E-state index in [2.05, 4.69) is 11.4 Å². The van der Waals surface area contributed by atoms with Crippen molar-refractivity contribution in [2.24, 2.45) is 5.73 Å². The number of nitriles is 2. The first-order valence-electron chi connectivity index (χ1n) is 14.6. The van der Waals surface area contributed by atoms with Gasteiger partial charge >= 0.3 is 5.97 Å². The average molecular weight is 682 g/mol. The second-order valence-electron chi connectivity index (χ2n) is 10.2. The number of thiophene rings is 1. The third-order valence-corrected chi connectivity index (χ3v) is 9.25. The van der Waals surface area contributed by atoms with Crippen molar-refractivity contribution in [1.82, 2.24) is 4.98 Å². The van der Waals surface area contributed by atoms with E-state index in [-0.39, 0.29) is 47.3 Å². The number of hydrogen-bond acceptors (Lipinski definition) is 11. The molecule has 0 aliphatic carbocycles. The fourth-order valence-electron chi connectivity index (χ4n) is 5.49. The molecule has 0 saturated carbocycles. The van der Waals surface area contributed by atoms with Crippen molar-refractivity contribution in [3.8, 4) is 33.8 Å². The molecule has 48 heavy (non-hydrogen) atoms. The van der Waals surface area contributed by atoms with E-state index in [9.17, 15) is 24.5 Å². The van der Waals surface area contributed by atoms with Crippen LogP contribution < -0.4 is 11.1 Å². The SMILES string of the molecule is CCO.CCOC(=O)C1=C(CSc2nc(-c3cccs3)cc(-c3ccc(F)cc3)c2C#N)OC(N)=C(C#N)C12C(=O)Nc1ccccc12. The van der Waals surface area contributed by atoms with Crippen LogP contribution in [0.1, 0.15) is 25.0 Å². The summed E-state index contributed by atoms with van der Waals surface area (Å²) in [6.45, 7) is 3.55. The molecule has 4 N–H and O–H groups in total. The monoisotopic (exact) mass is 681 g/mol. The lowest BCUT2D eigenvalue weighted by molar-refractivity contribution is -0.140. The number of nitrogens with two attached hydrogens (primary N) is 1. The molecule has 1 amide bonds. The minimum atomic E-state index is -1.92. The standard InChI is InChI=1S/C33H22FN5O4S2.C2H6O/c1-2-42-31(40)28-26(43-29(37)23(16-36)33(28)22-6-3-4-7-24(22)39-32(33)41)17-45-30-21(15-35)20(18-9-11-19(34)12-10-18)14-25(38-30)27-8-5-13-44-27;1-2-3/h3-14H,2,17,37H2,1H3,(H,39,41);3H,2H2,1H3. The number of aromatic nitrogens is 1. The molecule has 1 atom stereocenters. The van der Waals surface area contributed by atoms with Crippen molar-refractivity contribution in [3.63, 3.8) is 0 Å². The van der Waals surface area contributed by atoms with Gasteiger partial charge in [0.2, 0.25) is 11.8 Å². The number of fused-ring (bicyclic) bond motifs is 2. The largest absolute Gasteiger partial charge is 0.462 e. The van der Waals surface area contributed by atoms with Crippen LogP contribution in [0.15, 0.2) is 99.9 Å². The second kappa shape index (κ2) is 14.5. The van der Waals surface area contributed by atoms with Crippen LogP contribution in [0.25, 0.3) is 21.7 Å². The van der Waals surface area contributed by atoms with Gasteiger partial charge < -0.3 is 25.6 Å². The molecule has 6 rings (SSSR count). The van der Waals surface area contributed by atoms with E-state index in [1.807, 2.05) is 23.6 Å². The van der Waals surface area contributed by atoms with Gasteiger partial charge in [-0.3, -0.25) is 4.79 Å². The number of ether oxygens (including phenoxy) is 2. The number of nitrogens with zero attached hydrogens (tertiary/aromatic N) is 3. The number of carbonyl (C=O) groups excluding carboxylic acids is 2. The van der Waals surface area contributed by atoms with Gasteiger partial charge in [0, 0.05) is 23.4 Å². The highest BCUT2D eigenvalue weighted by atomic mass is 32.2. The Morgan fingerprint density at radius 2 is 1.88 bits per heavy atom. The number of para-hydroxylation sites is 1. The van der Waals surface area contributed by atoms with Gasteiger partial charge in [0.1, 0.15) is 39.9 Å². The first kappa shape index (κ1) is 33.9. The number of anilines is 1. The topological polar surface area (TPSA) is 171 Å². The van der Waals surface area contributed by atoms with Gasteiger partial charge in [-0.1, -0.05) is 48.2 Å². The van der Waals surface area contributed by atoms with E-state index in [1.165, 1.54) is 23.5 Å². The Kier molecular flexibility index (Phi) is 10.3. The molecule has 2 aromatic heterocycles. The van der Waals surface area contributed by atoms with Gasteiger partial charge in [-0.15, -0.1) is 11.3 Å². The zero-order valence-electron chi connectivity index (χ0n) is 25.7. The number of aliphatic hydroxyl groups excluding tert-OH is 1. The summed E-state index contributed by atoms with van der Waals surface area (Å²) in [5.41, 5.74) is 6.67. The third kappa shape index (κ3) is 6.02. The highest BCUT2D eigenvalue weighted by Crippen LogP contribution is 2.52. The van der Waals surface area contributed by atoms with Crippen LogP contribution in [0.3, 0.4) is 0 Å². The Morgan fingerprint density at radius 1 is 1.15 bits per heavy atom. The lowest BCUT2D eigenvalue weighted by Crippen LogP contribution is -2.46. The quantitative estimate of drug-likeness (QED) is 0.155. The summed E-state index contributed by atoms with van der Waals surface area (Å²) < 4.78 is 25.1. The molecule has 0 radical (unpaired) electrons. The zero-order valence-corrected chi connectivity index (χ0v) is 27.4. The van der Waals surface area contributed by atoms with Gasteiger partial charge in [-0.2, -0.15) is 10.5 Å². The number of rotatable bonds is 7. The lowest BCUT2D eigenvalue weighted by atomic mass is 9.68. The molecule has 1 unspecified atom stereocenters. The van der Waals surface area contributed by atoms with Crippen molar-refractivity contribution in [3.05, 3.63) is 112 Å². The number of aliphatic hydroxyl groups is 1. The fourth-order valence-corrected chi connectivity index (χ4v) is 7.11. The molecule has 0 bridgehead atoms. The number of halogens is 1. The Labute approximate surface area is 283 Å². The molecule has 10 nitrogen and oxygen atoms in total. The van der Waals surface area contributed by atoms with Crippen LogP contribution in [-0.2, 0) is 24.5 Å². The highest BCUT2D eigenvalue weighted by Gasteiger charge is 2.60. The van der Waals surface area contributed by atoms with Crippen molar-refractivity contribution >= 4 is 40.7 Å².